The number of piperidine rings is 1. The molecule has 0 bridgehead atoms. The van der Waals surface area contributed by atoms with Gasteiger partial charge in [0.15, 0.2) is 0 Å². The Labute approximate surface area is 181 Å². The molecule has 0 aliphatic carbocycles. The Hall–Kier alpha value is -3.27. The number of H-pyrrole nitrogens is 1. The number of aliphatic imine (C=N–C) groups is 1. The van der Waals surface area contributed by atoms with Crippen molar-refractivity contribution in [1.29, 1.82) is 0 Å². The zero-order valence-electron chi connectivity index (χ0n) is 17.2. The topological polar surface area (TPSA) is 86.3 Å². The summed E-state index contributed by atoms with van der Waals surface area (Å²) in [5, 5.41) is 3.77. The van der Waals surface area contributed by atoms with Gasteiger partial charge in [0.25, 0.3) is 0 Å². The molecule has 2 fully saturated rings. The number of aromatic amines is 1. The van der Waals surface area contributed by atoms with Gasteiger partial charge in [-0.3, -0.25) is 4.79 Å². The van der Waals surface area contributed by atoms with Crippen molar-refractivity contribution in [3.63, 3.8) is 0 Å². The molecule has 0 atom stereocenters. The molecular formula is C22H21F3N6O. The summed E-state index contributed by atoms with van der Waals surface area (Å²) < 4.78 is 41.3. The molecule has 2 saturated heterocycles. The minimum atomic E-state index is -4.61. The zero-order valence-corrected chi connectivity index (χ0v) is 17.2. The average molecular weight is 442 g/mol. The number of alkyl halides is 3. The fourth-order valence-electron chi connectivity index (χ4n) is 4.21. The number of nitrogens with one attached hydrogen (secondary N) is 2. The van der Waals surface area contributed by atoms with Gasteiger partial charge in [-0.2, -0.15) is 13.2 Å². The lowest BCUT2D eigenvalue weighted by Crippen LogP contribution is -2.29. The van der Waals surface area contributed by atoms with Crippen LogP contribution in [0.5, 0.6) is 0 Å². The van der Waals surface area contributed by atoms with Crippen molar-refractivity contribution < 1.29 is 18.0 Å². The van der Waals surface area contributed by atoms with Gasteiger partial charge in [-0.1, -0.05) is 6.07 Å². The molecule has 1 amide bonds. The van der Waals surface area contributed by atoms with Crippen LogP contribution in [-0.2, 0) is 11.0 Å². The van der Waals surface area contributed by atoms with Gasteiger partial charge in [0.05, 0.1) is 5.69 Å². The van der Waals surface area contributed by atoms with E-state index >= 15 is 0 Å². The van der Waals surface area contributed by atoms with Crippen molar-refractivity contribution in [3.8, 4) is 11.3 Å². The van der Waals surface area contributed by atoms with Crippen LogP contribution >= 0.6 is 0 Å². The number of carbonyl (C=O) groups is 1. The van der Waals surface area contributed by atoms with Crippen LogP contribution in [0.15, 0.2) is 35.6 Å². The predicted octanol–water partition coefficient (Wildman–Crippen LogP) is 4.23. The maximum atomic E-state index is 13.8. The summed E-state index contributed by atoms with van der Waals surface area (Å²) in [6.07, 6.45) is 0.673. The molecule has 166 valence electrons. The molecule has 0 unspecified atom stereocenters. The van der Waals surface area contributed by atoms with Gasteiger partial charge in [0.2, 0.25) is 11.9 Å². The first-order valence-electron chi connectivity index (χ1n) is 10.5. The van der Waals surface area contributed by atoms with Crippen molar-refractivity contribution in [2.24, 2.45) is 4.99 Å². The first-order chi connectivity index (χ1) is 15.4. The Balaban J connectivity index is 1.59. The van der Waals surface area contributed by atoms with Gasteiger partial charge in [-0.15, -0.1) is 0 Å². The van der Waals surface area contributed by atoms with E-state index in [0.29, 0.717) is 36.0 Å². The second-order valence-corrected chi connectivity index (χ2v) is 7.97. The predicted molar refractivity (Wildman–Crippen MR) is 115 cm³/mol. The number of fused-ring (bicyclic) bond motifs is 1. The molecule has 3 aromatic rings. The Kier molecular flexibility index (Phi) is 5.16. The second-order valence-electron chi connectivity index (χ2n) is 7.97. The van der Waals surface area contributed by atoms with E-state index in [4.69, 9.17) is 0 Å². The lowest BCUT2D eigenvalue weighted by molar-refractivity contribution is -0.137. The molecular weight excluding hydrogens is 421 g/mol. The number of anilines is 1. The molecule has 4 heterocycles. The zero-order chi connectivity index (χ0) is 22.3. The summed E-state index contributed by atoms with van der Waals surface area (Å²) in [4.78, 5) is 29.2. The van der Waals surface area contributed by atoms with Crippen molar-refractivity contribution in [2.75, 3.05) is 24.5 Å². The SMILES string of the molecule is O=C1CCCN1c1ccc2c(-c3nc(/N=C4/CCCNC4)ncc3C(F)(F)F)c[nH]c2c1. The quantitative estimate of drug-likeness (QED) is 0.636. The van der Waals surface area contributed by atoms with Gasteiger partial charge in [-0.25, -0.2) is 15.0 Å². The summed E-state index contributed by atoms with van der Waals surface area (Å²) in [5.41, 5.74) is 1.37. The van der Waals surface area contributed by atoms with Crippen molar-refractivity contribution in [3.05, 3.63) is 36.2 Å². The third-order valence-electron chi connectivity index (χ3n) is 5.79. The summed E-state index contributed by atoms with van der Waals surface area (Å²) in [6.45, 7) is 2.10. The van der Waals surface area contributed by atoms with Crippen molar-refractivity contribution >= 4 is 34.2 Å². The van der Waals surface area contributed by atoms with E-state index in [1.54, 1.807) is 23.1 Å². The Bertz CT molecular complexity index is 1210. The van der Waals surface area contributed by atoms with E-state index in [-0.39, 0.29) is 17.5 Å². The lowest BCUT2D eigenvalue weighted by atomic mass is 10.1. The summed E-state index contributed by atoms with van der Waals surface area (Å²) >= 11 is 0. The molecule has 2 aliphatic heterocycles. The van der Waals surface area contributed by atoms with E-state index in [9.17, 15) is 18.0 Å². The average Bonchev–Trinajstić information content (AvgIpc) is 3.39. The van der Waals surface area contributed by atoms with Gasteiger partial charge in [0, 0.05) is 59.8 Å². The maximum Gasteiger partial charge on any atom is 0.419 e. The van der Waals surface area contributed by atoms with E-state index in [1.807, 2.05) is 0 Å². The highest BCUT2D eigenvalue weighted by Crippen LogP contribution is 2.39. The van der Waals surface area contributed by atoms with Gasteiger partial charge in [-0.05, 0) is 37.9 Å². The summed E-state index contributed by atoms with van der Waals surface area (Å²) in [6, 6.07) is 5.26. The number of hydrogen-bond acceptors (Lipinski definition) is 5. The third kappa shape index (κ3) is 3.86. The lowest BCUT2D eigenvalue weighted by Gasteiger charge is -2.16. The molecule has 0 radical (unpaired) electrons. The van der Waals surface area contributed by atoms with E-state index < -0.39 is 11.7 Å². The first kappa shape index (κ1) is 20.6. The highest BCUT2D eigenvalue weighted by Gasteiger charge is 2.36. The number of nitrogens with zero attached hydrogens (tertiary/aromatic N) is 4. The van der Waals surface area contributed by atoms with Gasteiger partial charge < -0.3 is 15.2 Å². The molecule has 5 rings (SSSR count). The van der Waals surface area contributed by atoms with Crippen LogP contribution in [-0.4, -0.2) is 46.2 Å². The summed E-state index contributed by atoms with van der Waals surface area (Å²) in [5.74, 6) is 0.0626. The highest BCUT2D eigenvalue weighted by atomic mass is 19.4. The maximum absolute atomic E-state index is 13.8. The molecule has 10 heteroatoms. The first-order valence-corrected chi connectivity index (χ1v) is 10.5. The fraction of sp³-hybridized carbons (Fsp3) is 0.364. The van der Waals surface area contributed by atoms with Gasteiger partial charge in [0.1, 0.15) is 5.56 Å². The molecule has 2 N–H and O–H groups in total. The Morgan fingerprint density at radius 2 is 2.03 bits per heavy atom. The number of amides is 1. The number of halogens is 3. The molecule has 1 aromatic carbocycles. The molecule has 0 saturated carbocycles. The minimum Gasteiger partial charge on any atom is -0.360 e. The van der Waals surface area contributed by atoms with Crippen molar-refractivity contribution in [2.45, 2.75) is 31.9 Å². The minimum absolute atomic E-state index is 0.0142. The van der Waals surface area contributed by atoms with E-state index in [2.05, 4.69) is 25.3 Å². The number of benzene rings is 1. The van der Waals surface area contributed by atoms with Crippen LogP contribution in [0.25, 0.3) is 22.2 Å². The fourth-order valence-corrected chi connectivity index (χ4v) is 4.21. The standard InChI is InChI=1S/C22H21F3N6O/c23-22(24,25)17-12-28-21(29-13-3-1-7-26-10-13)30-20(17)16-11-27-18-9-14(5-6-15(16)18)31-8-2-4-19(31)32/h5-6,9,11-12,26-27H,1-4,7-8,10H2/b29-13-. The number of aromatic nitrogens is 3. The number of rotatable bonds is 3. The molecule has 7 nitrogen and oxygen atoms in total. The third-order valence-corrected chi connectivity index (χ3v) is 5.79. The highest BCUT2D eigenvalue weighted by molar-refractivity contribution is 6.01. The number of hydrogen-bond donors (Lipinski definition) is 2. The van der Waals surface area contributed by atoms with Crippen LogP contribution in [0.2, 0.25) is 0 Å². The van der Waals surface area contributed by atoms with E-state index in [1.165, 1.54) is 6.20 Å². The second kappa shape index (κ2) is 8.01. The van der Waals surface area contributed by atoms with Crippen LogP contribution < -0.4 is 10.2 Å². The van der Waals surface area contributed by atoms with Crippen LogP contribution in [0.4, 0.5) is 24.8 Å². The van der Waals surface area contributed by atoms with Crippen LogP contribution in [0, 0.1) is 0 Å². The molecule has 2 aliphatic rings. The van der Waals surface area contributed by atoms with Gasteiger partial charge >= 0.3 is 6.18 Å². The van der Waals surface area contributed by atoms with Crippen LogP contribution in [0.3, 0.4) is 0 Å². The van der Waals surface area contributed by atoms with Crippen molar-refractivity contribution in [1.82, 2.24) is 20.3 Å². The van der Waals surface area contributed by atoms with E-state index in [0.717, 1.165) is 43.4 Å². The smallest absolute Gasteiger partial charge is 0.360 e. The van der Waals surface area contributed by atoms with Crippen LogP contribution in [0.1, 0.15) is 31.2 Å². The largest absolute Gasteiger partial charge is 0.419 e. The Morgan fingerprint density at radius 1 is 1.16 bits per heavy atom. The number of carbonyl (C=O) groups excluding carboxylic acids is 1. The molecule has 2 aromatic heterocycles. The Morgan fingerprint density at radius 3 is 2.75 bits per heavy atom. The summed E-state index contributed by atoms with van der Waals surface area (Å²) in [7, 11) is 0. The normalized spacial score (nSPS) is 18.8. The molecule has 32 heavy (non-hydrogen) atoms. The monoisotopic (exact) mass is 442 g/mol. The molecule has 0 spiro atoms.